The van der Waals surface area contributed by atoms with E-state index < -0.39 is 0 Å². The minimum atomic E-state index is 0. The smallest absolute Gasteiger partial charge is 0.256 e. The molecule has 3 N–H and O–H groups in total. The van der Waals surface area contributed by atoms with Crippen LogP contribution in [0.2, 0.25) is 0 Å². The van der Waals surface area contributed by atoms with Crippen molar-refractivity contribution < 1.29 is 4.74 Å². The van der Waals surface area contributed by atoms with Gasteiger partial charge in [-0.1, -0.05) is 30.3 Å². The molecule has 0 aliphatic rings. The van der Waals surface area contributed by atoms with Gasteiger partial charge in [0.05, 0.1) is 6.61 Å². The van der Waals surface area contributed by atoms with Gasteiger partial charge >= 0.3 is 0 Å². The van der Waals surface area contributed by atoms with Crippen LogP contribution in [-0.2, 0) is 4.74 Å². The Kier molecular flexibility index (Phi) is 7.89. The van der Waals surface area contributed by atoms with Crippen molar-refractivity contribution in [3.8, 4) is 0 Å². The summed E-state index contributed by atoms with van der Waals surface area (Å²) in [6.07, 6.45) is 0.756. The van der Waals surface area contributed by atoms with Crippen molar-refractivity contribution in [3.05, 3.63) is 35.9 Å². The Balaban J connectivity index is 0.00000225. The zero-order valence-corrected chi connectivity index (χ0v) is 10.8. The van der Waals surface area contributed by atoms with Crippen LogP contribution in [0.1, 0.15) is 18.0 Å². The monoisotopic (exact) mass is 260 g/mol. The molecule has 0 saturated carbocycles. The van der Waals surface area contributed by atoms with Crippen LogP contribution < -0.4 is 11.1 Å². The van der Waals surface area contributed by atoms with Crippen LogP contribution in [0.15, 0.2) is 30.3 Å². The van der Waals surface area contributed by atoms with E-state index in [1.807, 2.05) is 30.3 Å². The fourth-order valence-corrected chi connectivity index (χ4v) is 1.30. The summed E-state index contributed by atoms with van der Waals surface area (Å²) in [7, 11) is 1.74. The molecule has 5 heteroatoms. The van der Waals surface area contributed by atoms with E-state index >= 15 is 0 Å². The average molecular weight is 261 g/mol. The molecule has 1 aromatic rings. The van der Waals surface area contributed by atoms with Crippen LogP contribution in [0, 0.1) is 0 Å². The predicted molar refractivity (Wildman–Crippen MR) is 72.8 cm³/mol. The number of thiocarbonyl (C=S) groups is 1. The van der Waals surface area contributed by atoms with Crippen molar-refractivity contribution in [3.63, 3.8) is 0 Å². The normalized spacial score (nSPS) is 11.1. The maximum absolute atomic E-state index is 5.98. The quantitative estimate of drug-likeness (QED) is 0.814. The summed E-state index contributed by atoms with van der Waals surface area (Å²) >= 11 is 4.85. The number of ether oxygens (including phenoxy) is 1. The maximum Gasteiger partial charge on any atom is 0.256 e. The van der Waals surface area contributed by atoms with Gasteiger partial charge < -0.3 is 15.8 Å². The van der Waals surface area contributed by atoms with E-state index in [0.717, 1.165) is 12.0 Å². The molecule has 16 heavy (non-hydrogen) atoms. The van der Waals surface area contributed by atoms with E-state index in [0.29, 0.717) is 11.8 Å². The molecule has 0 heterocycles. The lowest BCUT2D eigenvalue weighted by atomic mass is 10.1. The van der Waals surface area contributed by atoms with Crippen molar-refractivity contribution in [1.29, 1.82) is 0 Å². The number of halogens is 1. The van der Waals surface area contributed by atoms with Gasteiger partial charge in [0.15, 0.2) is 0 Å². The van der Waals surface area contributed by atoms with Crippen molar-refractivity contribution in [2.45, 2.75) is 12.5 Å². The Hall–Kier alpha value is -0.840. The molecule has 1 aromatic carbocycles. The first-order valence-electron chi connectivity index (χ1n) is 4.89. The first-order chi connectivity index (χ1) is 7.24. The first kappa shape index (κ1) is 15.2. The molecule has 0 saturated heterocycles. The zero-order valence-electron chi connectivity index (χ0n) is 9.18. The maximum atomic E-state index is 5.98. The van der Waals surface area contributed by atoms with Crippen LogP contribution >= 0.6 is 24.6 Å². The Bertz CT molecular complexity index is 308. The lowest BCUT2D eigenvalue weighted by Crippen LogP contribution is -2.21. The minimum absolute atomic E-state index is 0. The van der Waals surface area contributed by atoms with Crippen LogP contribution in [-0.4, -0.2) is 18.8 Å². The molecule has 0 aliphatic carbocycles. The van der Waals surface area contributed by atoms with E-state index in [1.54, 1.807) is 7.05 Å². The first-order valence-corrected chi connectivity index (χ1v) is 5.30. The van der Waals surface area contributed by atoms with E-state index in [-0.39, 0.29) is 18.4 Å². The Morgan fingerprint density at radius 2 is 2.06 bits per heavy atom. The predicted octanol–water partition coefficient (Wildman–Crippen LogP) is 2.02. The van der Waals surface area contributed by atoms with Crippen LogP contribution in [0.25, 0.3) is 0 Å². The van der Waals surface area contributed by atoms with Gasteiger partial charge in [-0.05, 0) is 17.8 Å². The summed E-state index contributed by atoms with van der Waals surface area (Å²) in [4.78, 5) is 0. The molecule has 0 radical (unpaired) electrons. The van der Waals surface area contributed by atoms with Crippen molar-refractivity contribution in [2.75, 3.05) is 13.7 Å². The highest BCUT2D eigenvalue weighted by molar-refractivity contribution is 7.80. The summed E-state index contributed by atoms with van der Waals surface area (Å²) in [5.41, 5.74) is 7.10. The topological polar surface area (TPSA) is 47.3 Å². The molecule has 1 rings (SSSR count). The Morgan fingerprint density at radius 1 is 1.44 bits per heavy atom. The molecule has 0 aromatic heterocycles. The number of hydrogen-bond donors (Lipinski definition) is 2. The Labute approximate surface area is 108 Å². The molecule has 0 aliphatic heterocycles. The molecule has 0 amide bonds. The van der Waals surface area contributed by atoms with E-state index in [9.17, 15) is 0 Å². The van der Waals surface area contributed by atoms with E-state index in [1.165, 1.54) is 0 Å². The van der Waals surface area contributed by atoms with Gasteiger partial charge in [-0.2, -0.15) is 0 Å². The van der Waals surface area contributed by atoms with E-state index in [2.05, 4.69) is 5.32 Å². The average Bonchev–Trinajstić information content (AvgIpc) is 2.29. The molecule has 3 nitrogen and oxygen atoms in total. The van der Waals surface area contributed by atoms with Crippen molar-refractivity contribution in [1.82, 2.24) is 5.32 Å². The van der Waals surface area contributed by atoms with Crippen LogP contribution in [0.4, 0.5) is 0 Å². The number of nitrogens with one attached hydrogen (secondary N) is 1. The molecular weight excluding hydrogens is 244 g/mol. The van der Waals surface area contributed by atoms with Crippen LogP contribution in [0.5, 0.6) is 0 Å². The third kappa shape index (κ3) is 5.30. The third-order valence-electron chi connectivity index (χ3n) is 2.09. The molecular formula is C11H17ClN2OS. The highest BCUT2D eigenvalue weighted by Gasteiger charge is 2.05. The molecule has 0 spiro atoms. The summed E-state index contributed by atoms with van der Waals surface area (Å²) in [5, 5.41) is 3.16. The van der Waals surface area contributed by atoms with Gasteiger partial charge in [-0.15, -0.1) is 12.4 Å². The van der Waals surface area contributed by atoms with Crippen molar-refractivity contribution >= 4 is 29.8 Å². The molecule has 90 valence electrons. The highest BCUT2D eigenvalue weighted by atomic mass is 35.5. The lowest BCUT2D eigenvalue weighted by Gasteiger charge is -2.12. The number of rotatable bonds is 4. The minimum Gasteiger partial charge on any atom is -0.471 e. The SMILES string of the molecule is CNC(=S)OCCC(N)c1ccccc1.Cl. The van der Waals surface area contributed by atoms with Gasteiger partial charge in [0.2, 0.25) is 0 Å². The summed E-state index contributed by atoms with van der Waals surface area (Å²) in [6, 6.07) is 9.97. The second-order valence-electron chi connectivity index (χ2n) is 3.19. The van der Waals surface area contributed by atoms with Gasteiger partial charge in [0.1, 0.15) is 0 Å². The number of hydrogen-bond acceptors (Lipinski definition) is 3. The largest absolute Gasteiger partial charge is 0.471 e. The Morgan fingerprint density at radius 3 is 2.62 bits per heavy atom. The number of benzene rings is 1. The third-order valence-corrected chi connectivity index (χ3v) is 2.42. The van der Waals surface area contributed by atoms with Crippen LogP contribution in [0.3, 0.4) is 0 Å². The van der Waals surface area contributed by atoms with Gasteiger partial charge in [-0.25, -0.2) is 0 Å². The molecule has 1 unspecified atom stereocenters. The summed E-state index contributed by atoms with van der Waals surface area (Å²) in [6.45, 7) is 0.537. The molecule has 0 bridgehead atoms. The zero-order chi connectivity index (χ0) is 11.1. The second-order valence-corrected chi connectivity index (χ2v) is 3.56. The fourth-order valence-electron chi connectivity index (χ4n) is 1.22. The van der Waals surface area contributed by atoms with Gasteiger partial charge in [-0.3, -0.25) is 0 Å². The van der Waals surface area contributed by atoms with E-state index in [4.69, 9.17) is 22.7 Å². The standard InChI is InChI=1S/C11H16N2OS.ClH/c1-13-11(15)14-8-7-10(12)9-5-3-2-4-6-9;/h2-6,10H,7-8,12H2,1H3,(H,13,15);1H. The van der Waals surface area contributed by atoms with Gasteiger partial charge in [0.25, 0.3) is 5.17 Å². The highest BCUT2D eigenvalue weighted by Crippen LogP contribution is 2.12. The lowest BCUT2D eigenvalue weighted by molar-refractivity contribution is 0.283. The molecule has 1 atom stereocenters. The number of nitrogens with two attached hydrogens (primary N) is 1. The second kappa shape index (κ2) is 8.33. The molecule has 0 fully saturated rings. The summed E-state index contributed by atoms with van der Waals surface area (Å²) in [5.74, 6) is 0. The van der Waals surface area contributed by atoms with Gasteiger partial charge in [0, 0.05) is 19.5 Å². The fraction of sp³-hybridized carbons (Fsp3) is 0.364. The van der Waals surface area contributed by atoms with Crippen molar-refractivity contribution in [2.24, 2.45) is 5.73 Å². The summed E-state index contributed by atoms with van der Waals surface area (Å²) < 4.78 is 5.22.